The smallest absolute Gasteiger partial charge is 0.342 e. The number of amides is 2. The summed E-state index contributed by atoms with van der Waals surface area (Å²) >= 11 is 0. The molecule has 0 radical (unpaired) electrons. The topological polar surface area (TPSA) is 133 Å². The van der Waals surface area contributed by atoms with Crippen LogP contribution in [0.25, 0.3) is 10.9 Å². The van der Waals surface area contributed by atoms with Gasteiger partial charge in [0.25, 0.3) is 11.5 Å². The number of ether oxygens (including phenoxy) is 1. The normalized spacial score (nSPS) is 18.8. The van der Waals surface area contributed by atoms with Gasteiger partial charge in [0.2, 0.25) is 11.4 Å². The molecule has 0 spiro atoms. The Balaban J connectivity index is 1.88. The molecule has 1 aliphatic heterocycles. The van der Waals surface area contributed by atoms with Gasteiger partial charge in [-0.25, -0.2) is 9.78 Å². The highest BCUT2D eigenvalue weighted by Gasteiger charge is 2.52. The van der Waals surface area contributed by atoms with Gasteiger partial charge in [0.1, 0.15) is 12.4 Å². The Morgan fingerprint density at radius 1 is 1.19 bits per heavy atom. The number of nitrogens with two attached hydrogens (primary N) is 1. The van der Waals surface area contributed by atoms with Crippen molar-refractivity contribution in [2.45, 2.75) is 38.3 Å². The molecule has 1 unspecified atom stereocenters. The molecule has 32 heavy (non-hydrogen) atoms. The summed E-state index contributed by atoms with van der Waals surface area (Å²) in [6.45, 7) is 1.44. The number of aromatic nitrogens is 2. The minimum atomic E-state index is -2.08. The zero-order valence-electron chi connectivity index (χ0n) is 17.5. The summed E-state index contributed by atoms with van der Waals surface area (Å²) in [5.74, 6) is -2.21. The van der Waals surface area contributed by atoms with Crippen molar-refractivity contribution >= 4 is 34.4 Å². The third kappa shape index (κ3) is 3.62. The summed E-state index contributed by atoms with van der Waals surface area (Å²) in [7, 11) is 0. The van der Waals surface area contributed by atoms with Crippen LogP contribution in [0, 0.1) is 6.92 Å². The van der Waals surface area contributed by atoms with Gasteiger partial charge in [-0.1, -0.05) is 30.3 Å². The van der Waals surface area contributed by atoms with Gasteiger partial charge in [-0.2, -0.15) is 0 Å². The summed E-state index contributed by atoms with van der Waals surface area (Å²) in [5, 5.41) is 2.39. The molecule has 1 aliphatic rings. The Bertz CT molecular complexity index is 1280. The second-order valence-electron chi connectivity index (χ2n) is 7.73. The Labute approximate surface area is 183 Å². The van der Waals surface area contributed by atoms with E-state index in [1.807, 2.05) is 6.07 Å². The van der Waals surface area contributed by atoms with Crippen molar-refractivity contribution in [1.29, 1.82) is 0 Å². The van der Waals surface area contributed by atoms with Gasteiger partial charge in [-0.05, 0) is 43.5 Å². The highest BCUT2D eigenvalue weighted by Crippen LogP contribution is 2.30. The molecule has 2 aromatic carbocycles. The number of fused-ring (bicyclic) bond motifs is 1. The van der Waals surface area contributed by atoms with E-state index < -0.39 is 28.9 Å². The molecule has 9 nitrogen and oxygen atoms in total. The Hall–Kier alpha value is -4.01. The minimum Gasteiger partial charge on any atom is -0.459 e. The number of benzene rings is 2. The molecular weight excluding hydrogens is 412 g/mol. The van der Waals surface area contributed by atoms with Gasteiger partial charge in [0.15, 0.2) is 0 Å². The predicted octanol–water partition coefficient (Wildman–Crippen LogP) is 1.55. The maximum atomic E-state index is 13.5. The van der Waals surface area contributed by atoms with Crippen molar-refractivity contribution in [3.8, 4) is 0 Å². The predicted molar refractivity (Wildman–Crippen MR) is 116 cm³/mol. The van der Waals surface area contributed by atoms with E-state index in [2.05, 4.69) is 10.3 Å². The number of carbonyl (C=O) groups is 3. The first kappa shape index (κ1) is 21.2. The van der Waals surface area contributed by atoms with Crippen molar-refractivity contribution in [3.63, 3.8) is 0 Å². The summed E-state index contributed by atoms with van der Waals surface area (Å²) in [6, 6.07) is 13.6. The number of hydrogen-bond acceptors (Lipinski definition) is 7. The number of esters is 1. The van der Waals surface area contributed by atoms with Crippen LogP contribution >= 0.6 is 0 Å². The third-order valence-electron chi connectivity index (χ3n) is 5.56. The number of hydrogen-bond donors (Lipinski definition) is 2. The first-order chi connectivity index (χ1) is 15.3. The lowest BCUT2D eigenvalue weighted by Crippen LogP contribution is -2.58. The van der Waals surface area contributed by atoms with Crippen LogP contribution in [0.1, 0.15) is 30.7 Å². The number of anilines is 1. The largest absolute Gasteiger partial charge is 0.459 e. The Kier molecular flexibility index (Phi) is 5.48. The van der Waals surface area contributed by atoms with E-state index in [9.17, 15) is 19.2 Å². The molecule has 0 bridgehead atoms. The van der Waals surface area contributed by atoms with E-state index >= 15 is 0 Å². The van der Waals surface area contributed by atoms with Gasteiger partial charge in [0.05, 0.1) is 10.9 Å². The molecule has 164 valence electrons. The fraction of sp³-hybridized carbons (Fsp3) is 0.261. The van der Waals surface area contributed by atoms with Crippen LogP contribution in [-0.4, -0.2) is 27.3 Å². The van der Waals surface area contributed by atoms with E-state index in [0.717, 1.165) is 10.1 Å². The van der Waals surface area contributed by atoms with Crippen molar-refractivity contribution in [2.75, 3.05) is 5.73 Å². The molecule has 1 fully saturated rings. The van der Waals surface area contributed by atoms with Crippen molar-refractivity contribution in [2.24, 2.45) is 0 Å². The molecule has 1 atom stereocenters. The molecule has 4 rings (SSSR count). The first-order valence-corrected chi connectivity index (χ1v) is 10.2. The van der Waals surface area contributed by atoms with E-state index in [1.54, 1.807) is 36.4 Å². The van der Waals surface area contributed by atoms with Crippen LogP contribution in [0.15, 0.2) is 53.3 Å². The lowest BCUT2D eigenvalue weighted by molar-refractivity contribution is -0.161. The molecule has 1 aromatic heterocycles. The highest BCUT2D eigenvalue weighted by atomic mass is 16.5. The lowest BCUT2D eigenvalue weighted by atomic mass is 9.91. The highest BCUT2D eigenvalue weighted by molar-refractivity contribution is 6.11. The van der Waals surface area contributed by atoms with E-state index in [1.165, 1.54) is 13.0 Å². The molecular formula is C23H22N4O5. The SMILES string of the molecule is Cc1nc2ccc(N)cc2c(=O)n1C1(C(=O)OCc2ccccc2)CCCC(=O)NC1=O. The van der Waals surface area contributed by atoms with Crippen LogP contribution in [0.2, 0.25) is 0 Å². The van der Waals surface area contributed by atoms with E-state index in [4.69, 9.17) is 10.5 Å². The van der Waals surface area contributed by atoms with Gasteiger partial charge < -0.3 is 10.5 Å². The van der Waals surface area contributed by atoms with E-state index in [-0.39, 0.29) is 37.1 Å². The summed E-state index contributed by atoms with van der Waals surface area (Å²) in [4.78, 5) is 56.7. The summed E-state index contributed by atoms with van der Waals surface area (Å²) in [5.41, 5.74) is 4.60. The molecule has 2 amide bonds. The summed E-state index contributed by atoms with van der Waals surface area (Å²) < 4.78 is 6.55. The van der Waals surface area contributed by atoms with Crippen molar-refractivity contribution in [3.05, 3.63) is 70.3 Å². The van der Waals surface area contributed by atoms with Crippen LogP contribution in [0.5, 0.6) is 0 Å². The van der Waals surface area contributed by atoms with Crippen molar-refractivity contribution < 1.29 is 19.1 Å². The molecule has 0 saturated carbocycles. The molecule has 3 aromatic rings. The van der Waals surface area contributed by atoms with Crippen molar-refractivity contribution in [1.82, 2.24) is 14.9 Å². The fourth-order valence-electron chi connectivity index (χ4n) is 4.02. The fourth-order valence-corrected chi connectivity index (χ4v) is 4.02. The maximum Gasteiger partial charge on any atom is 0.342 e. The second kappa shape index (κ2) is 8.26. The number of carbonyl (C=O) groups excluding carboxylic acids is 3. The summed E-state index contributed by atoms with van der Waals surface area (Å²) in [6.07, 6.45) is 0.161. The van der Waals surface area contributed by atoms with Gasteiger partial charge in [0, 0.05) is 12.1 Å². The van der Waals surface area contributed by atoms with Gasteiger partial charge in [-0.15, -0.1) is 0 Å². The Morgan fingerprint density at radius 3 is 2.69 bits per heavy atom. The monoisotopic (exact) mass is 434 g/mol. The zero-order chi connectivity index (χ0) is 22.9. The van der Waals surface area contributed by atoms with E-state index in [0.29, 0.717) is 11.2 Å². The molecule has 3 N–H and O–H groups in total. The number of imide groups is 1. The Morgan fingerprint density at radius 2 is 1.94 bits per heavy atom. The van der Waals surface area contributed by atoms with Gasteiger partial charge in [-0.3, -0.25) is 24.3 Å². The quantitative estimate of drug-likeness (QED) is 0.275. The standard InChI is InChI=1S/C23H22N4O5/c1-14-25-18-10-9-16(24)12-17(18)20(29)27(14)23(11-5-8-19(28)26-21(23)30)22(31)32-13-15-6-3-2-4-7-15/h2-4,6-7,9-10,12H,5,8,11,13,24H2,1H3,(H,26,28,30). The maximum absolute atomic E-state index is 13.5. The number of nitrogens with zero attached hydrogens (tertiary/aromatic N) is 2. The van der Waals surface area contributed by atoms with Crippen LogP contribution in [-0.2, 0) is 31.3 Å². The van der Waals surface area contributed by atoms with Crippen LogP contribution in [0.3, 0.4) is 0 Å². The van der Waals surface area contributed by atoms with Crippen LogP contribution < -0.4 is 16.6 Å². The third-order valence-corrected chi connectivity index (χ3v) is 5.56. The lowest BCUT2D eigenvalue weighted by Gasteiger charge is -2.31. The molecule has 2 heterocycles. The first-order valence-electron chi connectivity index (χ1n) is 10.2. The number of rotatable bonds is 4. The minimum absolute atomic E-state index is 0.0429. The molecule has 0 aliphatic carbocycles. The zero-order valence-corrected chi connectivity index (χ0v) is 17.5. The number of nitrogen functional groups attached to an aromatic ring is 1. The van der Waals surface area contributed by atoms with Gasteiger partial charge >= 0.3 is 5.97 Å². The number of nitrogens with one attached hydrogen (secondary N) is 1. The second-order valence-corrected chi connectivity index (χ2v) is 7.73. The average molecular weight is 434 g/mol. The molecule has 1 saturated heterocycles. The molecule has 9 heteroatoms. The average Bonchev–Trinajstić information content (AvgIpc) is 2.91. The van der Waals surface area contributed by atoms with Crippen LogP contribution in [0.4, 0.5) is 5.69 Å². The number of aryl methyl sites for hydroxylation is 1.